The number of nitrogens with one attached hydrogen (secondary N) is 1. The zero-order valence-electron chi connectivity index (χ0n) is 11.5. The van der Waals surface area contributed by atoms with E-state index in [0.717, 1.165) is 12.8 Å². The van der Waals surface area contributed by atoms with E-state index in [2.05, 4.69) is 5.32 Å². The van der Waals surface area contributed by atoms with E-state index >= 15 is 0 Å². The second-order valence-electron chi connectivity index (χ2n) is 4.59. The summed E-state index contributed by atoms with van der Waals surface area (Å²) >= 11 is 0. The van der Waals surface area contributed by atoms with Crippen molar-refractivity contribution in [2.45, 2.75) is 32.4 Å². The van der Waals surface area contributed by atoms with Crippen molar-refractivity contribution >= 4 is 12.1 Å². The van der Waals surface area contributed by atoms with Gasteiger partial charge in [-0.05, 0) is 13.3 Å². The van der Waals surface area contributed by atoms with Gasteiger partial charge in [-0.25, -0.2) is 9.59 Å². The molecule has 0 aromatic carbocycles. The lowest BCUT2D eigenvalue weighted by molar-refractivity contribution is -0.156. The lowest BCUT2D eigenvalue weighted by Crippen LogP contribution is -2.65. The molecule has 0 aliphatic carbocycles. The van der Waals surface area contributed by atoms with Gasteiger partial charge in [-0.2, -0.15) is 0 Å². The molecule has 1 saturated heterocycles. The quantitative estimate of drug-likeness (QED) is 0.691. The van der Waals surface area contributed by atoms with Crippen molar-refractivity contribution in [1.29, 1.82) is 0 Å². The fourth-order valence-corrected chi connectivity index (χ4v) is 1.82. The fraction of sp³-hybridized carbons (Fsp3) is 0.833. The Bertz CT molecular complexity index is 317. The third-order valence-electron chi connectivity index (χ3n) is 3.14. The van der Waals surface area contributed by atoms with E-state index in [0.29, 0.717) is 32.9 Å². The Morgan fingerprint density at radius 1 is 1.42 bits per heavy atom. The summed E-state index contributed by atoms with van der Waals surface area (Å²) in [6.45, 7) is 5.56. The molecule has 0 radical (unpaired) electrons. The lowest BCUT2D eigenvalue weighted by atomic mass is 10.1. The second kappa shape index (κ2) is 7.30. The third-order valence-corrected chi connectivity index (χ3v) is 3.14. The number of hydrogen-bond acceptors (Lipinski definition) is 5. The second-order valence-corrected chi connectivity index (χ2v) is 4.59. The molecule has 1 atom stereocenters. The first-order valence-corrected chi connectivity index (χ1v) is 6.52. The van der Waals surface area contributed by atoms with E-state index in [9.17, 15) is 14.7 Å². The largest absolute Gasteiger partial charge is 0.478 e. The lowest BCUT2D eigenvalue weighted by Gasteiger charge is -2.39. The van der Waals surface area contributed by atoms with Gasteiger partial charge in [-0.3, -0.25) is 10.2 Å². The van der Waals surface area contributed by atoms with Crippen LogP contribution in [0.25, 0.3) is 0 Å². The summed E-state index contributed by atoms with van der Waals surface area (Å²) in [5.74, 6) is -1.11. The van der Waals surface area contributed by atoms with Gasteiger partial charge in [0.2, 0.25) is 0 Å². The SMILES string of the molecule is CCCCOC(=O)NC(C)(C(=O)O)N1CCOCC1. The Labute approximate surface area is 112 Å². The summed E-state index contributed by atoms with van der Waals surface area (Å²) < 4.78 is 10.1. The third kappa shape index (κ3) is 4.36. The number of hydrogen-bond donors (Lipinski definition) is 2. The van der Waals surface area contributed by atoms with Crippen LogP contribution in [0.15, 0.2) is 0 Å². The number of morpholine rings is 1. The standard InChI is InChI=1S/C12H22N2O5/c1-3-4-7-19-11(17)13-12(2,10(15)16)14-5-8-18-9-6-14/h3-9H2,1-2H3,(H,13,17)(H,15,16). The Kier molecular flexibility index (Phi) is 6.04. The van der Waals surface area contributed by atoms with E-state index in [1.54, 1.807) is 4.90 Å². The van der Waals surface area contributed by atoms with Crippen LogP contribution in [0.5, 0.6) is 0 Å². The Morgan fingerprint density at radius 2 is 2.05 bits per heavy atom. The number of unbranched alkanes of at least 4 members (excludes halogenated alkanes) is 1. The van der Waals surface area contributed by atoms with Gasteiger partial charge in [-0.15, -0.1) is 0 Å². The molecule has 1 aliphatic heterocycles. The summed E-state index contributed by atoms with van der Waals surface area (Å²) in [6, 6.07) is 0. The minimum absolute atomic E-state index is 0.293. The van der Waals surface area contributed by atoms with Gasteiger partial charge in [0.1, 0.15) is 0 Å². The molecule has 19 heavy (non-hydrogen) atoms. The van der Waals surface area contributed by atoms with E-state index < -0.39 is 17.7 Å². The van der Waals surface area contributed by atoms with Gasteiger partial charge < -0.3 is 14.6 Å². The van der Waals surface area contributed by atoms with Crippen LogP contribution in [0.1, 0.15) is 26.7 Å². The van der Waals surface area contributed by atoms with Gasteiger partial charge >= 0.3 is 12.1 Å². The van der Waals surface area contributed by atoms with Crippen molar-refractivity contribution in [3.8, 4) is 0 Å². The number of nitrogens with zero attached hydrogens (tertiary/aromatic N) is 1. The van der Waals surface area contributed by atoms with E-state index in [4.69, 9.17) is 9.47 Å². The van der Waals surface area contributed by atoms with Crippen LogP contribution in [0.3, 0.4) is 0 Å². The summed E-state index contributed by atoms with van der Waals surface area (Å²) in [5, 5.41) is 11.8. The molecule has 7 heteroatoms. The van der Waals surface area contributed by atoms with Crippen molar-refractivity contribution in [2.75, 3.05) is 32.9 Å². The van der Waals surface area contributed by atoms with Gasteiger partial charge in [0.25, 0.3) is 0 Å². The van der Waals surface area contributed by atoms with Crippen LogP contribution in [-0.4, -0.2) is 60.6 Å². The van der Waals surface area contributed by atoms with Crippen LogP contribution in [0, 0.1) is 0 Å². The molecule has 0 saturated carbocycles. The molecule has 0 aromatic heterocycles. The molecule has 2 N–H and O–H groups in total. The molecule has 0 aromatic rings. The minimum atomic E-state index is -1.47. The van der Waals surface area contributed by atoms with Crippen molar-refractivity contribution in [3.05, 3.63) is 0 Å². The topological polar surface area (TPSA) is 88.1 Å². The molecule has 7 nitrogen and oxygen atoms in total. The summed E-state index contributed by atoms with van der Waals surface area (Å²) in [5.41, 5.74) is -1.47. The highest BCUT2D eigenvalue weighted by atomic mass is 16.5. The monoisotopic (exact) mass is 274 g/mol. The van der Waals surface area contributed by atoms with E-state index in [1.165, 1.54) is 6.92 Å². The van der Waals surface area contributed by atoms with Gasteiger partial charge in [0.05, 0.1) is 19.8 Å². The number of alkyl carbamates (subject to hydrolysis) is 1. The predicted molar refractivity (Wildman–Crippen MR) is 67.8 cm³/mol. The molecule has 1 heterocycles. The number of rotatable bonds is 6. The fourth-order valence-electron chi connectivity index (χ4n) is 1.82. The minimum Gasteiger partial charge on any atom is -0.478 e. The van der Waals surface area contributed by atoms with Gasteiger partial charge in [-0.1, -0.05) is 13.3 Å². The zero-order valence-corrected chi connectivity index (χ0v) is 11.5. The molecule has 1 amide bonds. The number of ether oxygens (including phenoxy) is 2. The van der Waals surface area contributed by atoms with Crippen molar-refractivity contribution < 1.29 is 24.2 Å². The predicted octanol–water partition coefficient (Wildman–Crippen LogP) is 0.646. The number of carbonyl (C=O) groups is 2. The molecule has 1 unspecified atom stereocenters. The first-order chi connectivity index (χ1) is 9.00. The smallest absolute Gasteiger partial charge is 0.409 e. The number of carboxylic acid groups (broad SMARTS) is 1. The molecule has 0 bridgehead atoms. The summed E-state index contributed by atoms with van der Waals surface area (Å²) in [7, 11) is 0. The normalized spacial score (nSPS) is 19.5. The maximum absolute atomic E-state index is 11.6. The molecule has 1 fully saturated rings. The van der Waals surface area contributed by atoms with E-state index in [1.807, 2.05) is 6.92 Å². The molecule has 110 valence electrons. The Balaban J connectivity index is 2.60. The molecular formula is C12H22N2O5. The molecule has 1 aliphatic rings. The van der Waals surface area contributed by atoms with Crippen molar-refractivity contribution in [1.82, 2.24) is 10.2 Å². The first-order valence-electron chi connectivity index (χ1n) is 6.52. The van der Waals surface area contributed by atoms with Crippen LogP contribution < -0.4 is 5.32 Å². The summed E-state index contributed by atoms with van der Waals surface area (Å²) in [4.78, 5) is 24.7. The number of carbonyl (C=O) groups excluding carboxylic acids is 1. The highest BCUT2D eigenvalue weighted by Gasteiger charge is 2.42. The molecule has 1 rings (SSSR count). The van der Waals surface area contributed by atoms with Crippen molar-refractivity contribution in [3.63, 3.8) is 0 Å². The highest BCUT2D eigenvalue weighted by molar-refractivity contribution is 5.83. The average Bonchev–Trinajstić information content (AvgIpc) is 2.39. The van der Waals surface area contributed by atoms with Gasteiger partial charge in [0, 0.05) is 13.1 Å². The molecular weight excluding hydrogens is 252 g/mol. The van der Waals surface area contributed by atoms with Crippen LogP contribution in [0.2, 0.25) is 0 Å². The number of carboxylic acids is 1. The summed E-state index contributed by atoms with van der Waals surface area (Å²) in [6.07, 6.45) is 0.965. The number of amides is 1. The van der Waals surface area contributed by atoms with Crippen LogP contribution in [0.4, 0.5) is 4.79 Å². The van der Waals surface area contributed by atoms with Crippen LogP contribution >= 0.6 is 0 Å². The Hall–Kier alpha value is -1.34. The first kappa shape index (κ1) is 15.7. The average molecular weight is 274 g/mol. The Morgan fingerprint density at radius 3 is 2.58 bits per heavy atom. The maximum atomic E-state index is 11.6. The highest BCUT2D eigenvalue weighted by Crippen LogP contribution is 2.14. The van der Waals surface area contributed by atoms with Crippen LogP contribution in [-0.2, 0) is 14.3 Å². The van der Waals surface area contributed by atoms with Crippen molar-refractivity contribution in [2.24, 2.45) is 0 Å². The molecule has 0 spiro atoms. The maximum Gasteiger partial charge on any atom is 0.409 e. The van der Waals surface area contributed by atoms with Gasteiger partial charge in [0.15, 0.2) is 5.66 Å². The number of aliphatic carboxylic acids is 1. The zero-order chi connectivity index (χ0) is 14.3. The van der Waals surface area contributed by atoms with E-state index in [-0.39, 0.29) is 0 Å².